The van der Waals surface area contributed by atoms with Crippen LogP contribution in [0.5, 0.6) is 5.88 Å². The predicted octanol–water partition coefficient (Wildman–Crippen LogP) is 2.64. The highest BCUT2D eigenvalue weighted by Gasteiger charge is 2.01. The highest BCUT2D eigenvalue weighted by Crippen LogP contribution is 2.17. The molecule has 70 valence electrons. The minimum Gasteiger partial charge on any atom is -0.481 e. The van der Waals surface area contributed by atoms with Crippen molar-refractivity contribution in [2.45, 2.75) is 0 Å². The van der Waals surface area contributed by atoms with E-state index >= 15 is 0 Å². The first-order valence-corrected chi connectivity index (χ1v) is 4.82. The van der Waals surface area contributed by atoms with Gasteiger partial charge in [-0.05, 0) is 6.07 Å². The number of pyridine rings is 1. The quantitative estimate of drug-likeness (QED) is 0.765. The Morgan fingerprint density at radius 2 is 2.46 bits per heavy atom. The van der Waals surface area contributed by atoms with E-state index in [-0.39, 0.29) is 5.82 Å². The van der Waals surface area contributed by atoms with E-state index < -0.39 is 0 Å². The monoisotopic (exact) mass is 245 g/mol. The number of nitrogens with zero attached hydrogens (tertiary/aromatic N) is 1. The van der Waals surface area contributed by atoms with E-state index in [1.54, 1.807) is 6.08 Å². The summed E-state index contributed by atoms with van der Waals surface area (Å²) in [6.45, 7) is 0. The van der Waals surface area contributed by atoms with Crippen LogP contribution < -0.4 is 4.74 Å². The van der Waals surface area contributed by atoms with Gasteiger partial charge in [0.25, 0.3) is 0 Å². The first-order chi connectivity index (χ1) is 6.27. The number of halogens is 2. The third kappa shape index (κ3) is 2.81. The molecule has 0 N–H and O–H groups in total. The van der Waals surface area contributed by atoms with Crippen LogP contribution in [-0.4, -0.2) is 17.4 Å². The van der Waals surface area contributed by atoms with Crippen molar-refractivity contribution in [3.8, 4) is 5.88 Å². The van der Waals surface area contributed by atoms with Gasteiger partial charge in [-0.25, -0.2) is 9.37 Å². The zero-order chi connectivity index (χ0) is 9.68. The lowest BCUT2D eigenvalue weighted by molar-refractivity contribution is 0.394. The zero-order valence-corrected chi connectivity index (χ0v) is 8.71. The molecule has 4 heteroatoms. The Morgan fingerprint density at radius 1 is 1.69 bits per heavy atom. The van der Waals surface area contributed by atoms with Gasteiger partial charge in [-0.3, -0.25) is 0 Å². The van der Waals surface area contributed by atoms with Gasteiger partial charge in [-0.1, -0.05) is 28.1 Å². The molecule has 0 bridgehead atoms. The first-order valence-electron chi connectivity index (χ1n) is 3.70. The lowest BCUT2D eigenvalue weighted by Crippen LogP contribution is -1.91. The molecule has 0 atom stereocenters. The van der Waals surface area contributed by atoms with Crippen LogP contribution in [0.15, 0.2) is 18.3 Å². The molecule has 0 amide bonds. The average Bonchev–Trinajstić information content (AvgIpc) is 2.15. The summed E-state index contributed by atoms with van der Waals surface area (Å²) < 4.78 is 17.7. The molecule has 1 aromatic heterocycles. The lowest BCUT2D eigenvalue weighted by Gasteiger charge is -2.02. The van der Waals surface area contributed by atoms with Crippen LogP contribution in [-0.2, 0) is 0 Å². The molecule has 0 aromatic carbocycles. The van der Waals surface area contributed by atoms with E-state index in [1.165, 1.54) is 13.2 Å². The van der Waals surface area contributed by atoms with Gasteiger partial charge < -0.3 is 4.74 Å². The van der Waals surface area contributed by atoms with Crippen LogP contribution >= 0.6 is 15.9 Å². The second-order valence-electron chi connectivity index (χ2n) is 2.31. The standard InChI is InChI=1S/C9H9BrFNO/c1-13-9-7(3-2-4-10)5-8(11)6-12-9/h2-3,5-6H,4H2,1H3. The Kier molecular flexibility index (Phi) is 3.89. The molecule has 0 aliphatic heterocycles. The van der Waals surface area contributed by atoms with Crippen molar-refractivity contribution in [3.05, 3.63) is 29.7 Å². The topological polar surface area (TPSA) is 22.1 Å². The Labute approximate surface area is 84.6 Å². The van der Waals surface area contributed by atoms with Gasteiger partial charge in [0.2, 0.25) is 5.88 Å². The van der Waals surface area contributed by atoms with Crippen LogP contribution in [0.1, 0.15) is 5.56 Å². The molecule has 0 radical (unpaired) electrons. The van der Waals surface area contributed by atoms with E-state index in [0.29, 0.717) is 16.8 Å². The van der Waals surface area contributed by atoms with E-state index in [2.05, 4.69) is 20.9 Å². The third-order valence-electron chi connectivity index (χ3n) is 1.43. The highest BCUT2D eigenvalue weighted by molar-refractivity contribution is 9.09. The molecule has 0 unspecified atom stereocenters. The zero-order valence-electron chi connectivity index (χ0n) is 7.13. The molecule has 1 aromatic rings. The summed E-state index contributed by atoms with van der Waals surface area (Å²) in [4.78, 5) is 3.79. The fourth-order valence-corrected chi connectivity index (χ4v) is 1.09. The predicted molar refractivity (Wildman–Crippen MR) is 53.6 cm³/mol. The smallest absolute Gasteiger partial charge is 0.220 e. The van der Waals surface area contributed by atoms with Crippen molar-refractivity contribution in [1.82, 2.24) is 4.98 Å². The Bertz CT molecular complexity index is 314. The number of allylic oxidation sites excluding steroid dienone is 1. The summed E-state index contributed by atoms with van der Waals surface area (Å²) in [6.07, 6.45) is 4.73. The molecule has 0 aliphatic carbocycles. The van der Waals surface area contributed by atoms with Crippen molar-refractivity contribution in [3.63, 3.8) is 0 Å². The number of rotatable bonds is 3. The maximum Gasteiger partial charge on any atom is 0.220 e. The van der Waals surface area contributed by atoms with Gasteiger partial charge >= 0.3 is 0 Å². The van der Waals surface area contributed by atoms with Crippen LogP contribution in [0.3, 0.4) is 0 Å². The minimum atomic E-state index is -0.366. The Hall–Kier alpha value is -0.900. The molecular weight excluding hydrogens is 237 g/mol. The summed E-state index contributed by atoms with van der Waals surface area (Å²) in [6, 6.07) is 1.38. The molecular formula is C9H9BrFNO. The first kappa shape index (κ1) is 10.2. The molecule has 0 spiro atoms. The number of alkyl halides is 1. The van der Waals surface area contributed by atoms with Gasteiger partial charge in [-0.2, -0.15) is 0 Å². The Balaban J connectivity index is 3.01. The maximum atomic E-state index is 12.7. The molecule has 1 heterocycles. The number of hydrogen-bond acceptors (Lipinski definition) is 2. The van der Waals surface area contributed by atoms with Gasteiger partial charge in [0.15, 0.2) is 0 Å². The summed E-state index contributed by atoms with van der Waals surface area (Å²) >= 11 is 3.23. The molecule has 13 heavy (non-hydrogen) atoms. The molecule has 1 rings (SSSR count). The van der Waals surface area contributed by atoms with Gasteiger partial charge in [0.05, 0.1) is 13.3 Å². The summed E-state index contributed by atoms with van der Waals surface area (Å²) in [5.74, 6) is 0.0635. The lowest BCUT2D eigenvalue weighted by atomic mass is 10.2. The summed E-state index contributed by atoms with van der Waals surface area (Å²) in [5, 5.41) is 0.715. The van der Waals surface area contributed by atoms with Crippen LogP contribution in [0.4, 0.5) is 4.39 Å². The normalized spacial score (nSPS) is 10.7. The van der Waals surface area contributed by atoms with E-state index in [4.69, 9.17) is 4.74 Å². The van der Waals surface area contributed by atoms with Crippen molar-refractivity contribution in [1.29, 1.82) is 0 Å². The third-order valence-corrected chi connectivity index (χ3v) is 1.80. The van der Waals surface area contributed by atoms with Gasteiger partial charge in [-0.15, -0.1) is 0 Å². The van der Waals surface area contributed by atoms with Crippen molar-refractivity contribution >= 4 is 22.0 Å². The fourth-order valence-electron chi connectivity index (χ4n) is 0.904. The maximum absolute atomic E-state index is 12.7. The van der Waals surface area contributed by atoms with Crippen molar-refractivity contribution < 1.29 is 9.13 Å². The molecule has 0 fully saturated rings. The van der Waals surface area contributed by atoms with Crippen molar-refractivity contribution in [2.75, 3.05) is 12.4 Å². The molecule has 2 nitrogen and oxygen atoms in total. The van der Waals surface area contributed by atoms with Crippen molar-refractivity contribution in [2.24, 2.45) is 0 Å². The highest BCUT2D eigenvalue weighted by atomic mass is 79.9. The van der Waals surface area contributed by atoms with Gasteiger partial charge in [0.1, 0.15) is 5.82 Å². The minimum absolute atomic E-state index is 0.366. The van der Waals surface area contributed by atoms with E-state index in [0.717, 1.165) is 6.20 Å². The number of hydrogen-bond donors (Lipinski definition) is 0. The second kappa shape index (κ2) is 4.97. The van der Waals surface area contributed by atoms with Crippen LogP contribution in [0.2, 0.25) is 0 Å². The van der Waals surface area contributed by atoms with Gasteiger partial charge in [0, 0.05) is 10.9 Å². The number of aromatic nitrogens is 1. The fraction of sp³-hybridized carbons (Fsp3) is 0.222. The van der Waals surface area contributed by atoms with Crippen LogP contribution in [0.25, 0.3) is 6.08 Å². The number of methoxy groups -OCH3 is 1. The van der Waals surface area contributed by atoms with Crippen LogP contribution in [0, 0.1) is 5.82 Å². The average molecular weight is 246 g/mol. The van der Waals surface area contributed by atoms with E-state index in [9.17, 15) is 4.39 Å². The SMILES string of the molecule is COc1ncc(F)cc1C=CCBr. The number of ether oxygens (including phenoxy) is 1. The Morgan fingerprint density at radius 3 is 3.08 bits per heavy atom. The molecule has 0 saturated heterocycles. The second-order valence-corrected chi connectivity index (χ2v) is 2.96. The summed E-state index contributed by atoms with van der Waals surface area (Å²) in [5.41, 5.74) is 0.641. The largest absolute Gasteiger partial charge is 0.481 e. The molecule has 0 aliphatic rings. The molecule has 0 saturated carbocycles. The summed E-state index contributed by atoms with van der Waals surface area (Å²) in [7, 11) is 1.51. The van der Waals surface area contributed by atoms with E-state index in [1.807, 2.05) is 6.08 Å².